The maximum Gasteiger partial charge on any atom is 0.217 e. The second-order valence-corrected chi connectivity index (χ2v) is 26.6. The standard InChI is InChI=1S/C58H81NO12Si/c1-39-52(63-34-41-22-14-10-15-23-41)55(65-36-43-26-18-12-19-27-43)54(64-35-42-24-16-11-17-25-42)49(68-39)32-45(47(62)30-31-60)48(71-72(8,9)57(3,4)5)33-46-51(59-40(2)61)56(66-37-44-28-20-13-21-29-44)69-50-38-67-58(6,7)70-53(46)50/h10-29,39,45-56,60,62H,30-38H2,1-9H3,(H,59,61)/t39-,45-,46+,47-,48+,49-,50+,51+,52+,53-,54+,55+,56-/m0/s1. The Bertz CT molecular complexity index is 2220. The van der Waals surface area contributed by atoms with E-state index >= 15 is 0 Å². The van der Waals surface area contributed by atoms with Gasteiger partial charge < -0.3 is 57.9 Å². The molecule has 394 valence electrons. The zero-order valence-electron chi connectivity index (χ0n) is 43.9. The monoisotopic (exact) mass is 1010 g/mol. The smallest absolute Gasteiger partial charge is 0.217 e. The first kappa shape index (κ1) is 55.9. The number of benzene rings is 4. The SMILES string of the molecule is CC(=O)N[C@H]1[C@@H](OCc2ccccc2)O[C@@H]2COC(C)(C)O[C@H]2[C@@H]1C[C@@H](O[Si](C)(C)C(C)(C)C)[C@@H](C[C@@H]1O[C@@H](C)[C@@H](OCc2ccccc2)[C@@H](OCc2ccccc2)[C@@H]1OCc1ccccc1)[C@@H](O)CCO. The Labute approximate surface area is 429 Å². The number of aliphatic hydroxyl groups excluding tert-OH is 2. The molecule has 13 nitrogen and oxygen atoms in total. The fraction of sp³-hybridized carbons (Fsp3) is 0.569. The van der Waals surface area contributed by atoms with Gasteiger partial charge in [-0.25, -0.2) is 0 Å². The molecule has 0 saturated carbocycles. The molecule has 4 aromatic carbocycles. The molecular weight excluding hydrogens is 931 g/mol. The lowest BCUT2D eigenvalue weighted by atomic mass is 9.76. The highest BCUT2D eigenvalue weighted by molar-refractivity contribution is 6.74. The van der Waals surface area contributed by atoms with Gasteiger partial charge in [-0.05, 0) is 80.4 Å². The predicted octanol–water partition coefficient (Wildman–Crippen LogP) is 9.27. The zero-order valence-corrected chi connectivity index (χ0v) is 44.9. The maximum absolute atomic E-state index is 13.3. The van der Waals surface area contributed by atoms with Crippen LogP contribution in [0.25, 0.3) is 0 Å². The van der Waals surface area contributed by atoms with Crippen LogP contribution in [0.4, 0.5) is 0 Å². The summed E-state index contributed by atoms with van der Waals surface area (Å²) in [6.07, 6.45) is -5.93. The molecule has 7 rings (SSSR count). The summed E-state index contributed by atoms with van der Waals surface area (Å²) in [5.74, 6) is -2.29. The van der Waals surface area contributed by atoms with Crippen LogP contribution in [0.1, 0.15) is 90.0 Å². The Morgan fingerprint density at radius 1 is 0.736 bits per heavy atom. The van der Waals surface area contributed by atoms with Crippen LogP contribution in [-0.4, -0.2) is 111 Å². The second kappa shape index (κ2) is 25.6. The minimum absolute atomic E-state index is 0.0890. The van der Waals surface area contributed by atoms with Gasteiger partial charge in [0, 0.05) is 25.4 Å². The highest BCUT2D eigenvalue weighted by Gasteiger charge is 2.55. The topological polar surface area (TPSA) is 153 Å². The van der Waals surface area contributed by atoms with Gasteiger partial charge in [-0.2, -0.15) is 0 Å². The summed E-state index contributed by atoms with van der Waals surface area (Å²) < 4.78 is 62.0. The van der Waals surface area contributed by atoms with E-state index in [0.29, 0.717) is 19.6 Å². The van der Waals surface area contributed by atoms with Crippen molar-refractivity contribution in [2.45, 2.75) is 185 Å². The quantitative estimate of drug-likeness (QED) is 0.0608. The highest BCUT2D eigenvalue weighted by atomic mass is 28.4. The minimum atomic E-state index is -2.67. The van der Waals surface area contributed by atoms with Gasteiger partial charge in [0.05, 0.1) is 69.6 Å². The fourth-order valence-corrected chi connectivity index (χ4v) is 11.4. The number of ether oxygens (including phenoxy) is 8. The van der Waals surface area contributed by atoms with Crippen molar-refractivity contribution in [3.8, 4) is 0 Å². The minimum Gasteiger partial charge on any atom is -0.414 e. The average Bonchev–Trinajstić information content (AvgIpc) is 3.35. The van der Waals surface area contributed by atoms with Gasteiger partial charge in [0.1, 0.15) is 24.4 Å². The van der Waals surface area contributed by atoms with Gasteiger partial charge in [0.25, 0.3) is 0 Å². The molecule has 72 heavy (non-hydrogen) atoms. The van der Waals surface area contributed by atoms with Gasteiger partial charge in [0.15, 0.2) is 20.4 Å². The number of amides is 1. The largest absolute Gasteiger partial charge is 0.414 e. The van der Waals surface area contributed by atoms with Crippen molar-refractivity contribution in [2.24, 2.45) is 11.8 Å². The van der Waals surface area contributed by atoms with Gasteiger partial charge in [-0.3, -0.25) is 4.79 Å². The summed E-state index contributed by atoms with van der Waals surface area (Å²) in [6, 6.07) is 39.3. The first-order valence-electron chi connectivity index (χ1n) is 25.9. The van der Waals surface area contributed by atoms with Crippen molar-refractivity contribution in [3.05, 3.63) is 144 Å². The van der Waals surface area contributed by atoms with E-state index in [-0.39, 0.29) is 50.2 Å². The molecule has 3 heterocycles. The van der Waals surface area contributed by atoms with Crippen molar-refractivity contribution in [3.63, 3.8) is 0 Å². The molecule has 14 heteroatoms. The molecule has 0 unspecified atom stereocenters. The molecule has 0 aromatic heterocycles. The van der Waals surface area contributed by atoms with Gasteiger partial charge in [-0.1, -0.05) is 142 Å². The molecule has 3 aliphatic heterocycles. The fourth-order valence-electron chi connectivity index (χ4n) is 10.1. The lowest BCUT2D eigenvalue weighted by molar-refractivity contribution is -0.365. The molecule has 13 atom stereocenters. The van der Waals surface area contributed by atoms with Crippen LogP contribution in [0.3, 0.4) is 0 Å². The molecule has 0 aliphatic carbocycles. The van der Waals surface area contributed by atoms with Crippen molar-refractivity contribution in [1.82, 2.24) is 5.32 Å². The van der Waals surface area contributed by atoms with Crippen LogP contribution in [0.5, 0.6) is 0 Å². The molecular formula is C58H81NO12Si. The van der Waals surface area contributed by atoms with Crippen LogP contribution in [-0.2, 0) is 73.5 Å². The second-order valence-electron chi connectivity index (χ2n) is 21.8. The highest BCUT2D eigenvalue weighted by Crippen LogP contribution is 2.45. The molecule has 3 aliphatic rings. The first-order chi connectivity index (χ1) is 34.4. The van der Waals surface area contributed by atoms with E-state index in [0.717, 1.165) is 22.3 Å². The molecule has 1 amide bonds. The molecule has 3 saturated heterocycles. The number of hydrogen-bond acceptors (Lipinski definition) is 12. The van der Waals surface area contributed by atoms with Crippen LogP contribution in [0.15, 0.2) is 121 Å². The Morgan fingerprint density at radius 2 is 1.22 bits per heavy atom. The number of aliphatic hydroxyl groups is 2. The molecule has 4 aromatic rings. The van der Waals surface area contributed by atoms with Crippen LogP contribution in [0.2, 0.25) is 18.1 Å². The number of hydrogen-bond donors (Lipinski definition) is 3. The Morgan fingerprint density at radius 3 is 1.71 bits per heavy atom. The van der Waals surface area contributed by atoms with E-state index < -0.39 is 93.2 Å². The number of fused-ring (bicyclic) bond motifs is 1. The third-order valence-electron chi connectivity index (χ3n) is 14.9. The average molecular weight is 1010 g/mol. The Balaban J connectivity index is 1.30. The molecule has 0 bridgehead atoms. The molecule has 3 fully saturated rings. The first-order valence-corrected chi connectivity index (χ1v) is 28.8. The molecule has 0 spiro atoms. The van der Waals surface area contributed by atoms with Crippen molar-refractivity contribution in [2.75, 3.05) is 13.2 Å². The van der Waals surface area contributed by atoms with Crippen molar-refractivity contribution < 1.29 is 57.3 Å². The van der Waals surface area contributed by atoms with Crippen molar-refractivity contribution >= 4 is 14.2 Å². The van der Waals surface area contributed by atoms with E-state index in [1.807, 2.05) is 142 Å². The Hall–Kier alpha value is -3.87. The number of carbonyl (C=O) groups excluding carboxylic acids is 1. The summed E-state index contributed by atoms with van der Waals surface area (Å²) in [6.45, 7) is 19.4. The molecule has 0 radical (unpaired) electrons. The van der Waals surface area contributed by atoms with E-state index in [4.69, 9.17) is 42.3 Å². The Kier molecular flexibility index (Phi) is 19.8. The number of rotatable bonds is 23. The lowest BCUT2D eigenvalue weighted by Crippen LogP contribution is -2.66. The van der Waals surface area contributed by atoms with E-state index in [1.165, 1.54) is 6.92 Å². The normalized spacial score (nSPS) is 27.8. The summed E-state index contributed by atoms with van der Waals surface area (Å²) >= 11 is 0. The number of nitrogens with one attached hydrogen (secondary N) is 1. The zero-order chi connectivity index (χ0) is 51.5. The van der Waals surface area contributed by atoms with E-state index in [1.54, 1.807) is 0 Å². The van der Waals surface area contributed by atoms with Crippen LogP contribution < -0.4 is 5.32 Å². The van der Waals surface area contributed by atoms with Gasteiger partial charge in [0.2, 0.25) is 5.91 Å². The maximum atomic E-state index is 13.3. The van der Waals surface area contributed by atoms with E-state index in [2.05, 4.69) is 39.2 Å². The summed E-state index contributed by atoms with van der Waals surface area (Å²) in [5, 5.41) is 26.2. The third kappa shape index (κ3) is 15.1. The third-order valence-corrected chi connectivity index (χ3v) is 19.4. The summed E-state index contributed by atoms with van der Waals surface area (Å²) in [4.78, 5) is 13.3. The molecule has 3 N–H and O–H groups in total. The number of carbonyl (C=O) groups is 1. The lowest BCUT2D eigenvalue weighted by Gasteiger charge is -2.53. The van der Waals surface area contributed by atoms with Gasteiger partial charge >= 0.3 is 0 Å². The van der Waals surface area contributed by atoms with E-state index in [9.17, 15) is 15.0 Å². The van der Waals surface area contributed by atoms with Gasteiger partial charge in [-0.15, -0.1) is 0 Å². The van der Waals surface area contributed by atoms with Crippen molar-refractivity contribution in [1.29, 1.82) is 0 Å². The summed E-state index contributed by atoms with van der Waals surface area (Å²) in [7, 11) is -2.67. The predicted molar refractivity (Wildman–Crippen MR) is 278 cm³/mol. The van der Waals surface area contributed by atoms with Crippen LogP contribution in [0, 0.1) is 11.8 Å². The summed E-state index contributed by atoms with van der Waals surface area (Å²) in [5.41, 5.74) is 3.96. The van der Waals surface area contributed by atoms with Crippen LogP contribution >= 0.6 is 0 Å².